The van der Waals surface area contributed by atoms with E-state index in [0.717, 1.165) is 50.9 Å². The molecule has 0 radical (unpaired) electrons. The number of aryl methyl sites for hydroxylation is 1. The van der Waals surface area contributed by atoms with Gasteiger partial charge in [-0.05, 0) is 24.2 Å². The highest BCUT2D eigenvalue weighted by atomic mass is 15.3. The summed E-state index contributed by atoms with van der Waals surface area (Å²) in [6.45, 7) is 7.10. The maximum absolute atomic E-state index is 4.29. The standard InChI is InChI=1S/C20H31N7/c1-21-20(23-15-19-8-9-24-26(19)3)22-14-17-4-6-18(7-5-17)16-27-12-10-25(2)11-13-27/h4-9H,10-16H2,1-3H3,(H2,21,22,23). The molecule has 7 nitrogen and oxygen atoms in total. The molecule has 0 atom stereocenters. The van der Waals surface area contributed by atoms with E-state index in [1.54, 1.807) is 13.2 Å². The highest BCUT2D eigenvalue weighted by Crippen LogP contribution is 2.09. The van der Waals surface area contributed by atoms with Crippen molar-refractivity contribution in [3.05, 3.63) is 53.3 Å². The van der Waals surface area contributed by atoms with Gasteiger partial charge in [0, 0.05) is 59.6 Å². The van der Waals surface area contributed by atoms with Crippen molar-refractivity contribution in [2.24, 2.45) is 12.0 Å². The zero-order valence-electron chi connectivity index (χ0n) is 16.6. The van der Waals surface area contributed by atoms with Crippen molar-refractivity contribution in [1.29, 1.82) is 0 Å². The topological polar surface area (TPSA) is 60.7 Å². The van der Waals surface area contributed by atoms with Gasteiger partial charge in [-0.15, -0.1) is 0 Å². The van der Waals surface area contributed by atoms with Crippen LogP contribution in [0.15, 0.2) is 41.5 Å². The van der Waals surface area contributed by atoms with Crippen molar-refractivity contribution in [3.8, 4) is 0 Å². The molecule has 1 aliphatic rings. The molecule has 0 aliphatic carbocycles. The number of piperazine rings is 1. The van der Waals surface area contributed by atoms with Gasteiger partial charge in [-0.1, -0.05) is 24.3 Å². The second-order valence-corrected chi connectivity index (χ2v) is 7.12. The third kappa shape index (κ3) is 5.80. The fourth-order valence-corrected chi connectivity index (χ4v) is 3.18. The molecule has 1 saturated heterocycles. The number of likely N-dealkylation sites (N-methyl/N-ethyl adjacent to an activating group) is 1. The zero-order valence-corrected chi connectivity index (χ0v) is 16.6. The summed E-state index contributed by atoms with van der Waals surface area (Å²) in [5, 5.41) is 10.9. The lowest BCUT2D eigenvalue weighted by Crippen LogP contribution is -2.43. The van der Waals surface area contributed by atoms with Gasteiger partial charge in [-0.2, -0.15) is 5.10 Å². The first-order chi connectivity index (χ1) is 13.1. The maximum Gasteiger partial charge on any atom is 0.191 e. The van der Waals surface area contributed by atoms with Gasteiger partial charge in [0.25, 0.3) is 0 Å². The van der Waals surface area contributed by atoms with E-state index in [2.05, 4.69) is 61.8 Å². The summed E-state index contributed by atoms with van der Waals surface area (Å²) in [6, 6.07) is 10.9. The Balaban J connectivity index is 1.44. The molecule has 1 aromatic heterocycles. The predicted molar refractivity (Wildman–Crippen MR) is 109 cm³/mol. The Morgan fingerprint density at radius 3 is 2.26 bits per heavy atom. The smallest absolute Gasteiger partial charge is 0.191 e. The number of nitrogens with zero attached hydrogens (tertiary/aromatic N) is 5. The van der Waals surface area contributed by atoms with E-state index < -0.39 is 0 Å². The number of hydrogen-bond acceptors (Lipinski definition) is 4. The van der Waals surface area contributed by atoms with Gasteiger partial charge < -0.3 is 15.5 Å². The van der Waals surface area contributed by atoms with E-state index in [1.807, 2.05) is 17.8 Å². The van der Waals surface area contributed by atoms with Crippen LogP contribution in [0.2, 0.25) is 0 Å². The van der Waals surface area contributed by atoms with Crippen LogP contribution >= 0.6 is 0 Å². The molecule has 3 rings (SSSR count). The lowest BCUT2D eigenvalue weighted by atomic mass is 10.1. The Bertz CT molecular complexity index is 727. The van der Waals surface area contributed by atoms with Crippen molar-refractivity contribution in [1.82, 2.24) is 30.2 Å². The number of aliphatic imine (C=N–C) groups is 1. The van der Waals surface area contributed by atoms with E-state index >= 15 is 0 Å². The second kappa shape index (κ2) is 9.53. The minimum Gasteiger partial charge on any atom is -0.352 e. The summed E-state index contributed by atoms with van der Waals surface area (Å²) in [6.07, 6.45) is 1.80. The summed E-state index contributed by atoms with van der Waals surface area (Å²) in [5.41, 5.74) is 3.74. The van der Waals surface area contributed by atoms with Crippen LogP contribution in [0, 0.1) is 0 Å². The largest absolute Gasteiger partial charge is 0.352 e. The Morgan fingerprint density at radius 1 is 0.963 bits per heavy atom. The molecule has 2 N–H and O–H groups in total. The summed E-state index contributed by atoms with van der Waals surface area (Å²) in [7, 11) is 5.92. The van der Waals surface area contributed by atoms with Gasteiger partial charge in [0.05, 0.1) is 12.2 Å². The molecular weight excluding hydrogens is 338 g/mol. The van der Waals surface area contributed by atoms with Gasteiger partial charge in [-0.25, -0.2) is 0 Å². The van der Waals surface area contributed by atoms with E-state index in [-0.39, 0.29) is 0 Å². The molecule has 0 spiro atoms. The van der Waals surface area contributed by atoms with Gasteiger partial charge in [0.2, 0.25) is 0 Å². The fraction of sp³-hybridized carbons (Fsp3) is 0.500. The molecule has 7 heteroatoms. The van der Waals surface area contributed by atoms with E-state index in [1.165, 1.54) is 11.1 Å². The molecule has 2 aromatic rings. The van der Waals surface area contributed by atoms with Crippen LogP contribution in [-0.2, 0) is 26.7 Å². The predicted octanol–water partition coefficient (Wildman–Crippen LogP) is 1.03. The second-order valence-electron chi connectivity index (χ2n) is 7.12. The monoisotopic (exact) mass is 369 g/mol. The maximum atomic E-state index is 4.29. The van der Waals surface area contributed by atoms with Crippen molar-refractivity contribution in [2.75, 3.05) is 40.3 Å². The minimum absolute atomic E-state index is 0.695. The molecule has 1 fully saturated rings. The van der Waals surface area contributed by atoms with Crippen molar-refractivity contribution in [3.63, 3.8) is 0 Å². The first-order valence-electron chi connectivity index (χ1n) is 9.54. The van der Waals surface area contributed by atoms with Gasteiger partial charge in [0.15, 0.2) is 5.96 Å². The van der Waals surface area contributed by atoms with Crippen LogP contribution in [0.1, 0.15) is 16.8 Å². The summed E-state index contributed by atoms with van der Waals surface area (Å²) >= 11 is 0. The third-order valence-corrected chi connectivity index (χ3v) is 5.07. The third-order valence-electron chi connectivity index (χ3n) is 5.07. The number of hydrogen-bond donors (Lipinski definition) is 2. The molecule has 27 heavy (non-hydrogen) atoms. The van der Waals surface area contributed by atoms with Gasteiger partial charge >= 0.3 is 0 Å². The molecule has 0 amide bonds. The average Bonchev–Trinajstić information content (AvgIpc) is 3.10. The molecule has 1 aliphatic heterocycles. The molecule has 2 heterocycles. The number of benzene rings is 1. The summed E-state index contributed by atoms with van der Waals surface area (Å²) in [4.78, 5) is 9.20. The van der Waals surface area contributed by atoms with E-state index in [4.69, 9.17) is 0 Å². The molecule has 146 valence electrons. The normalized spacial score (nSPS) is 16.5. The van der Waals surface area contributed by atoms with Crippen molar-refractivity contribution >= 4 is 5.96 Å². The summed E-state index contributed by atoms with van der Waals surface area (Å²) in [5.74, 6) is 0.790. The van der Waals surface area contributed by atoms with Crippen molar-refractivity contribution in [2.45, 2.75) is 19.6 Å². The SMILES string of the molecule is CN=C(NCc1ccc(CN2CCN(C)CC2)cc1)NCc1ccnn1C. The van der Waals surface area contributed by atoms with E-state index in [0.29, 0.717) is 6.54 Å². The van der Waals surface area contributed by atoms with Crippen molar-refractivity contribution < 1.29 is 0 Å². The molecule has 1 aromatic carbocycles. The zero-order chi connectivity index (χ0) is 19.1. The lowest BCUT2D eigenvalue weighted by molar-refractivity contribution is 0.148. The first-order valence-corrected chi connectivity index (χ1v) is 9.54. The van der Waals surface area contributed by atoms with E-state index in [9.17, 15) is 0 Å². The minimum atomic E-state index is 0.695. The molecular formula is C20H31N7. The van der Waals surface area contributed by atoms with Crippen LogP contribution in [-0.4, -0.2) is 65.8 Å². The number of guanidine groups is 1. The molecule has 0 bridgehead atoms. The molecule has 0 saturated carbocycles. The summed E-state index contributed by atoms with van der Waals surface area (Å²) < 4.78 is 1.86. The van der Waals surface area contributed by atoms with Gasteiger partial charge in [-0.3, -0.25) is 14.6 Å². The number of nitrogens with one attached hydrogen (secondary N) is 2. The highest BCUT2D eigenvalue weighted by molar-refractivity contribution is 5.79. The van der Waals surface area contributed by atoms with Crippen LogP contribution in [0.25, 0.3) is 0 Å². The van der Waals surface area contributed by atoms with Gasteiger partial charge in [0.1, 0.15) is 0 Å². The highest BCUT2D eigenvalue weighted by Gasteiger charge is 2.13. The molecule has 0 unspecified atom stereocenters. The van der Waals surface area contributed by atoms with Crippen LogP contribution < -0.4 is 10.6 Å². The Labute approximate surface area is 162 Å². The first kappa shape index (κ1) is 19.4. The number of aromatic nitrogens is 2. The fourth-order valence-electron chi connectivity index (χ4n) is 3.18. The van der Waals surface area contributed by atoms with Crippen LogP contribution in [0.3, 0.4) is 0 Å². The lowest BCUT2D eigenvalue weighted by Gasteiger charge is -2.32. The van der Waals surface area contributed by atoms with Crippen LogP contribution in [0.5, 0.6) is 0 Å². The average molecular weight is 370 g/mol. The Kier molecular flexibility index (Phi) is 6.84. The quantitative estimate of drug-likeness (QED) is 0.588. The Morgan fingerprint density at radius 2 is 1.63 bits per heavy atom. The Hall–Kier alpha value is -2.38. The number of rotatable bonds is 6. The van der Waals surface area contributed by atoms with Crippen LogP contribution in [0.4, 0.5) is 0 Å².